The van der Waals surface area contributed by atoms with Crippen molar-refractivity contribution in [3.63, 3.8) is 0 Å². The molecular formula is C23H26FN5O2. The van der Waals surface area contributed by atoms with Crippen molar-refractivity contribution in [3.05, 3.63) is 48.2 Å². The minimum atomic E-state index is -0.422. The van der Waals surface area contributed by atoms with Gasteiger partial charge in [0.05, 0.1) is 18.5 Å². The van der Waals surface area contributed by atoms with E-state index in [0.29, 0.717) is 0 Å². The molecule has 7 nitrogen and oxygen atoms in total. The summed E-state index contributed by atoms with van der Waals surface area (Å²) in [6, 6.07) is 6.54. The Bertz CT molecular complexity index is 1130. The van der Waals surface area contributed by atoms with Gasteiger partial charge in [0.2, 0.25) is 5.91 Å². The lowest BCUT2D eigenvalue weighted by Gasteiger charge is -2.39. The van der Waals surface area contributed by atoms with Gasteiger partial charge in [-0.15, -0.1) is 0 Å². The number of carbonyl (C=O) groups excluding carboxylic acids is 1. The number of fused-ring (bicyclic) bond motifs is 1. The first kappa shape index (κ1) is 19.8. The normalized spacial score (nSPS) is 20.6. The number of benzene rings is 1. The van der Waals surface area contributed by atoms with Crippen LogP contribution in [0.5, 0.6) is 5.75 Å². The first-order valence-electron chi connectivity index (χ1n) is 10.7. The second kappa shape index (κ2) is 7.51. The number of aromatic nitrogens is 3. The van der Waals surface area contributed by atoms with Crippen LogP contribution >= 0.6 is 0 Å². The highest BCUT2D eigenvalue weighted by molar-refractivity contribution is 5.88. The fraction of sp³-hybridized carbons (Fsp3) is 0.435. The van der Waals surface area contributed by atoms with Crippen molar-refractivity contribution < 1.29 is 13.9 Å². The summed E-state index contributed by atoms with van der Waals surface area (Å²) >= 11 is 0. The van der Waals surface area contributed by atoms with Crippen LogP contribution in [-0.2, 0) is 4.79 Å². The minimum Gasteiger partial charge on any atom is -0.494 e. The number of nitrogens with one attached hydrogen (secondary N) is 2. The van der Waals surface area contributed by atoms with E-state index in [1.54, 1.807) is 18.5 Å². The molecule has 1 amide bonds. The van der Waals surface area contributed by atoms with Gasteiger partial charge in [-0.2, -0.15) is 0 Å². The molecule has 2 N–H and O–H groups in total. The van der Waals surface area contributed by atoms with Crippen LogP contribution in [0.4, 0.5) is 10.2 Å². The second-order valence-corrected chi connectivity index (χ2v) is 8.69. The molecule has 1 saturated heterocycles. The second-order valence-electron chi connectivity index (χ2n) is 8.69. The summed E-state index contributed by atoms with van der Waals surface area (Å²) in [7, 11) is 1.44. The molecule has 2 atom stereocenters. The Labute approximate surface area is 180 Å². The highest BCUT2D eigenvalue weighted by Gasteiger charge is 2.55. The zero-order valence-corrected chi connectivity index (χ0v) is 17.7. The molecule has 2 unspecified atom stereocenters. The molecule has 1 saturated carbocycles. The molecule has 1 spiro atoms. The largest absolute Gasteiger partial charge is 0.494 e. The van der Waals surface area contributed by atoms with Crippen LogP contribution in [0.2, 0.25) is 0 Å². The topological polar surface area (TPSA) is 83.1 Å². The van der Waals surface area contributed by atoms with E-state index in [1.165, 1.54) is 13.2 Å². The highest BCUT2D eigenvalue weighted by atomic mass is 19.1. The lowest BCUT2D eigenvalue weighted by Crippen LogP contribution is -2.48. The van der Waals surface area contributed by atoms with Gasteiger partial charge in [-0.05, 0) is 55.4 Å². The van der Waals surface area contributed by atoms with E-state index in [2.05, 4.69) is 25.2 Å². The van der Waals surface area contributed by atoms with Crippen LogP contribution in [0, 0.1) is 17.2 Å². The van der Waals surface area contributed by atoms with Crippen LogP contribution < -0.4 is 15.0 Å². The Kier molecular flexibility index (Phi) is 4.79. The molecule has 1 aliphatic carbocycles. The molecular weight excluding hydrogens is 397 g/mol. The van der Waals surface area contributed by atoms with E-state index in [0.717, 1.165) is 54.8 Å². The molecule has 3 aromatic rings. The summed E-state index contributed by atoms with van der Waals surface area (Å²) in [6.45, 7) is 3.47. The minimum absolute atomic E-state index is 0.0131. The predicted octanol–water partition coefficient (Wildman–Crippen LogP) is 3.59. The van der Waals surface area contributed by atoms with Gasteiger partial charge in [-0.25, -0.2) is 14.4 Å². The molecule has 0 bridgehead atoms. The van der Waals surface area contributed by atoms with Crippen LogP contribution in [0.25, 0.3) is 11.0 Å². The van der Waals surface area contributed by atoms with E-state index in [-0.39, 0.29) is 29.0 Å². The van der Waals surface area contributed by atoms with Crippen molar-refractivity contribution >= 4 is 22.8 Å². The predicted molar refractivity (Wildman–Crippen MR) is 115 cm³/mol. The number of rotatable bonds is 5. The van der Waals surface area contributed by atoms with E-state index in [9.17, 15) is 9.18 Å². The van der Waals surface area contributed by atoms with Crippen molar-refractivity contribution in [3.8, 4) is 5.75 Å². The molecule has 5 rings (SSSR count). The summed E-state index contributed by atoms with van der Waals surface area (Å²) < 4.78 is 19.1. The fourth-order valence-electron chi connectivity index (χ4n) is 4.88. The standard InChI is InChI=1S/C23H26FN5O2/c1-14(15-3-4-19(31-2)18(24)11-15)28-22(30)17-6-10-29(12-23(17)7-8-23)21-16-5-9-25-20(16)26-13-27-21/h3-5,9,11,13-14,17H,6-8,10,12H2,1-2H3,(H,28,30)(H,25,26,27). The summed E-state index contributed by atoms with van der Waals surface area (Å²) in [5, 5.41) is 4.12. The van der Waals surface area contributed by atoms with E-state index < -0.39 is 5.82 Å². The zero-order chi connectivity index (χ0) is 21.6. The van der Waals surface area contributed by atoms with Crippen molar-refractivity contribution in [1.29, 1.82) is 0 Å². The van der Waals surface area contributed by atoms with Gasteiger partial charge in [-0.3, -0.25) is 4.79 Å². The number of hydrogen-bond acceptors (Lipinski definition) is 5. The quantitative estimate of drug-likeness (QED) is 0.655. The van der Waals surface area contributed by atoms with Gasteiger partial charge in [-0.1, -0.05) is 6.07 Å². The molecule has 1 aromatic carbocycles. The molecule has 162 valence electrons. The van der Waals surface area contributed by atoms with Crippen molar-refractivity contribution in [2.24, 2.45) is 11.3 Å². The van der Waals surface area contributed by atoms with Crippen molar-refractivity contribution in [2.75, 3.05) is 25.1 Å². The number of aromatic amines is 1. The maximum Gasteiger partial charge on any atom is 0.224 e. The third kappa shape index (κ3) is 3.49. The summed E-state index contributed by atoms with van der Waals surface area (Å²) in [5.74, 6) is 0.716. The Morgan fingerprint density at radius 1 is 1.35 bits per heavy atom. The number of amides is 1. The first-order chi connectivity index (χ1) is 15.0. The van der Waals surface area contributed by atoms with Gasteiger partial charge in [0, 0.05) is 25.2 Å². The number of carbonyl (C=O) groups is 1. The number of nitrogens with zero attached hydrogens (tertiary/aromatic N) is 3. The molecule has 8 heteroatoms. The molecule has 2 aliphatic rings. The van der Waals surface area contributed by atoms with Crippen LogP contribution in [0.3, 0.4) is 0 Å². The summed E-state index contributed by atoms with van der Waals surface area (Å²) in [4.78, 5) is 27.4. The number of H-pyrrole nitrogens is 1. The van der Waals surface area contributed by atoms with Gasteiger partial charge in [0.25, 0.3) is 0 Å². The number of methoxy groups -OCH3 is 1. The number of anilines is 1. The molecule has 3 heterocycles. The van der Waals surface area contributed by atoms with Crippen molar-refractivity contribution in [1.82, 2.24) is 20.3 Å². The Morgan fingerprint density at radius 3 is 2.94 bits per heavy atom. The summed E-state index contributed by atoms with van der Waals surface area (Å²) in [5.41, 5.74) is 1.54. The van der Waals surface area contributed by atoms with Crippen LogP contribution in [0.1, 0.15) is 37.8 Å². The van der Waals surface area contributed by atoms with E-state index in [4.69, 9.17) is 4.74 Å². The lowest BCUT2D eigenvalue weighted by molar-refractivity contribution is -0.128. The fourth-order valence-corrected chi connectivity index (χ4v) is 4.88. The number of piperidine rings is 1. The van der Waals surface area contributed by atoms with Crippen LogP contribution in [0.15, 0.2) is 36.8 Å². The first-order valence-corrected chi connectivity index (χ1v) is 10.7. The molecule has 2 aromatic heterocycles. The summed E-state index contributed by atoms with van der Waals surface area (Å²) in [6.07, 6.45) is 6.30. The Balaban J connectivity index is 1.29. The average molecular weight is 423 g/mol. The Morgan fingerprint density at radius 2 is 2.19 bits per heavy atom. The highest BCUT2D eigenvalue weighted by Crippen LogP contribution is 2.56. The number of ether oxygens (including phenoxy) is 1. The SMILES string of the molecule is COc1ccc(C(C)NC(=O)C2CCN(c3ncnc4[nH]ccc34)CC23CC3)cc1F. The van der Waals surface area contributed by atoms with Gasteiger partial charge in [0.15, 0.2) is 11.6 Å². The molecule has 1 aliphatic heterocycles. The Hall–Kier alpha value is -3.16. The average Bonchev–Trinajstić information content (AvgIpc) is 3.34. The third-order valence-electron chi connectivity index (χ3n) is 6.81. The molecule has 31 heavy (non-hydrogen) atoms. The van der Waals surface area contributed by atoms with E-state index in [1.807, 2.05) is 19.2 Å². The van der Waals surface area contributed by atoms with Gasteiger partial charge in [0.1, 0.15) is 17.8 Å². The number of halogens is 1. The zero-order valence-electron chi connectivity index (χ0n) is 17.7. The number of hydrogen-bond donors (Lipinski definition) is 2. The van der Waals surface area contributed by atoms with E-state index >= 15 is 0 Å². The smallest absolute Gasteiger partial charge is 0.224 e. The van der Waals surface area contributed by atoms with Gasteiger partial charge < -0.3 is 19.9 Å². The maximum absolute atomic E-state index is 14.1. The van der Waals surface area contributed by atoms with Gasteiger partial charge >= 0.3 is 0 Å². The maximum atomic E-state index is 14.1. The lowest BCUT2D eigenvalue weighted by atomic mass is 9.81. The van der Waals surface area contributed by atoms with Crippen molar-refractivity contribution in [2.45, 2.75) is 32.2 Å². The van der Waals surface area contributed by atoms with Crippen LogP contribution in [-0.4, -0.2) is 41.1 Å². The molecule has 2 fully saturated rings. The monoisotopic (exact) mass is 423 g/mol. The third-order valence-corrected chi connectivity index (χ3v) is 6.81. The molecule has 0 radical (unpaired) electrons.